The predicted octanol–water partition coefficient (Wildman–Crippen LogP) is 1.15. The van der Waals surface area contributed by atoms with Gasteiger partial charge in [0.05, 0.1) is 32.5 Å². The van der Waals surface area contributed by atoms with Crippen molar-refractivity contribution in [2.45, 2.75) is 44.0 Å². The van der Waals surface area contributed by atoms with Crippen LogP contribution in [0, 0.1) is 0 Å². The molecule has 0 aromatic carbocycles. The maximum atomic E-state index is 12.5. The summed E-state index contributed by atoms with van der Waals surface area (Å²) in [4.78, 5) is 37.3. The van der Waals surface area contributed by atoms with E-state index < -0.39 is 29.8 Å². The molecule has 8 heteroatoms. The van der Waals surface area contributed by atoms with Gasteiger partial charge in [0.15, 0.2) is 5.60 Å². The van der Waals surface area contributed by atoms with E-state index in [1.807, 2.05) is 0 Å². The Hall–Kier alpha value is -2.35. The van der Waals surface area contributed by atoms with E-state index in [4.69, 9.17) is 23.7 Å². The number of rotatable bonds is 3. The molecule has 0 aromatic heterocycles. The molecule has 2 bridgehead atoms. The second-order valence-corrected chi connectivity index (χ2v) is 6.05. The van der Waals surface area contributed by atoms with Crippen LogP contribution in [0.3, 0.4) is 0 Å². The second kappa shape index (κ2) is 6.51. The first kappa shape index (κ1) is 17.5. The van der Waals surface area contributed by atoms with Gasteiger partial charge in [-0.15, -0.1) is 0 Å². The molecule has 2 aliphatic heterocycles. The smallest absolute Gasteiger partial charge is 0.373 e. The molecule has 1 fully saturated rings. The zero-order valence-corrected chi connectivity index (χ0v) is 14.4. The summed E-state index contributed by atoms with van der Waals surface area (Å²) in [5.41, 5.74) is -0.766. The molecule has 3 aliphatic rings. The number of hydrogen-bond donors (Lipinski definition) is 0. The summed E-state index contributed by atoms with van der Waals surface area (Å²) >= 11 is 0. The summed E-state index contributed by atoms with van der Waals surface area (Å²) in [6.45, 7) is 0. The van der Waals surface area contributed by atoms with Crippen molar-refractivity contribution < 1.29 is 38.1 Å². The lowest BCUT2D eigenvalue weighted by Gasteiger charge is -2.17. The average Bonchev–Trinajstić information content (AvgIpc) is 3.32. The van der Waals surface area contributed by atoms with E-state index in [1.165, 1.54) is 21.3 Å². The molecule has 2 atom stereocenters. The molecule has 8 nitrogen and oxygen atoms in total. The Morgan fingerprint density at radius 1 is 0.960 bits per heavy atom. The molecule has 3 rings (SSSR count). The second-order valence-electron chi connectivity index (χ2n) is 6.05. The molecule has 0 N–H and O–H groups in total. The summed E-state index contributed by atoms with van der Waals surface area (Å²) in [6.07, 6.45) is 2.37. The van der Waals surface area contributed by atoms with Crippen LogP contribution < -0.4 is 0 Å². The topological polar surface area (TPSA) is 101 Å². The Bertz CT molecular complexity index is 689. The Balaban J connectivity index is 2.31. The van der Waals surface area contributed by atoms with E-state index in [9.17, 15) is 14.4 Å². The number of carbonyl (C=O) groups is 3. The maximum absolute atomic E-state index is 12.5. The minimum atomic E-state index is -1.11. The van der Waals surface area contributed by atoms with Crippen molar-refractivity contribution in [3.05, 3.63) is 22.5 Å². The fourth-order valence-corrected chi connectivity index (χ4v) is 3.48. The molecule has 0 radical (unpaired) electrons. The quantitative estimate of drug-likeness (QED) is 0.423. The molecule has 1 aliphatic carbocycles. The number of methoxy groups -OCH3 is 3. The van der Waals surface area contributed by atoms with Crippen LogP contribution in [-0.4, -0.2) is 51.1 Å². The SMILES string of the molecule is COC(=O)C1=C2CCCCCC3(OC3O1)C(C(=O)OC)=C2C(=O)OC. The third-order valence-corrected chi connectivity index (χ3v) is 4.74. The molecule has 2 heterocycles. The fraction of sp³-hybridized carbons (Fsp3) is 0.588. The fourth-order valence-electron chi connectivity index (χ4n) is 3.48. The Kier molecular flexibility index (Phi) is 4.55. The normalized spacial score (nSPS) is 27.9. The van der Waals surface area contributed by atoms with Gasteiger partial charge in [0.2, 0.25) is 12.0 Å². The maximum Gasteiger partial charge on any atom is 0.373 e. The molecule has 2 unspecified atom stereocenters. The zero-order chi connectivity index (χ0) is 18.2. The third kappa shape index (κ3) is 2.70. The third-order valence-electron chi connectivity index (χ3n) is 4.74. The Morgan fingerprint density at radius 2 is 1.64 bits per heavy atom. The van der Waals surface area contributed by atoms with Crippen LogP contribution in [-0.2, 0) is 38.1 Å². The van der Waals surface area contributed by atoms with Crippen molar-refractivity contribution in [3.63, 3.8) is 0 Å². The summed E-state index contributed by atoms with van der Waals surface area (Å²) in [5.74, 6) is -2.28. The molecule has 136 valence electrons. The van der Waals surface area contributed by atoms with Crippen molar-refractivity contribution in [1.29, 1.82) is 0 Å². The van der Waals surface area contributed by atoms with Gasteiger partial charge in [-0.25, -0.2) is 14.4 Å². The van der Waals surface area contributed by atoms with Gasteiger partial charge >= 0.3 is 17.9 Å². The highest BCUT2D eigenvalue weighted by atomic mass is 16.8. The van der Waals surface area contributed by atoms with Gasteiger partial charge in [-0.2, -0.15) is 0 Å². The highest BCUT2D eigenvalue weighted by Crippen LogP contribution is 2.54. The van der Waals surface area contributed by atoms with Gasteiger partial charge in [0, 0.05) is 5.57 Å². The van der Waals surface area contributed by atoms with E-state index in [-0.39, 0.29) is 16.9 Å². The van der Waals surface area contributed by atoms with Gasteiger partial charge in [0.1, 0.15) is 0 Å². The van der Waals surface area contributed by atoms with E-state index >= 15 is 0 Å². The first-order chi connectivity index (χ1) is 12.0. The van der Waals surface area contributed by atoms with Crippen LogP contribution in [0.5, 0.6) is 0 Å². The molecule has 0 saturated carbocycles. The summed E-state index contributed by atoms with van der Waals surface area (Å²) in [7, 11) is 3.66. The first-order valence-electron chi connectivity index (χ1n) is 8.07. The summed E-state index contributed by atoms with van der Waals surface area (Å²) in [5, 5.41) is 0. The molecule has 0 aromatic rings. The number of ether oxygens (including phenoxy) is 5. The molecule has 25 heavy (non-hydrogen) atoms. The highest BCUT2D eigenvalue weighted by Gasteiger charge is 2.67. The molecule has 1 saturated heterocycles. The number of hydrogen-bond acceptors (Lipinski definition) is 8. The number of carbonyl (C=O) groups excluding carboxylic acids is 3. The van der Waals surface area contributed by atoms with Crippen LogP contribution in [0.4, 0.5) is 0 Å². The lowest BCUT2D eigenvalue weighted by molar-refractivity contribution is -0.141. The minimum Gasteiger partial charge on any atom is -0.466 e. The van der Waals surface area contributed by atoms with Crippen LogP contribution in [0.1, 0.15) is 32.1 Å². The lowest BCUT2D eigenvalue weighted by Crippen LogP contribution is -2.29. The van der Waals surface area contributed by atoms with Crippen molar-refractivity contribution in [1.82, 2.24) is 0 Å². The van der Waals surface area contributed by atoms with Gasteiger partial charge in [0.25, 0.3) is 0 Å². The Labute approximate surface area is 144 Å². The minimum absolute atomic E-state index is 0.0170. The van der Waals surface area contributed by atoms with E-state index in [0.717, 1.165) is 19.3 Å². The monoisotopic (exact) mass is 352 g/mol. The molecule has 0 amide bonds. The van der Waals surface area contributed by atoms with Crippen LogP contribution in [0.2, 0.25) is 0 Å². The molecular weight excluding hydrogens is 332 g/mol. The zero-order valence-electron chi connectivity index (χ0n) is 14.4. The van der Waals surface area contributed by atoms with Crippen LogP contribution >= 0.6 is 0 Å². The number of esters is 3. The van der Waals surface area contributed by atoms with Crippen molar-refractivity contribution >= 4 is 17.9 Å². The largest absolute Gasteiger partial charge is 0.466 e. The molecular formula is C17H20O8. The average molecular weight is 352 g/mol. The van der Waals surface area contributed by atoms with E-state index in [2.05, 4.69) is 0 Å². The van der Waals surface area contributed by atoms with Crippen LogP contribution in [0.15, 0.2) is 22.5 Å². The predicted molar refractivity (Wildman–Crippen MR) is 81.9 cm³/mol. The first-order valence-corrected chi connectivity index (χ1v) is 8.07. The van der Waals surface area contributed by atoms with E-state index in [1.54, 1.807) is 0 Å². The van der Waals surface area contributed by atoms with Gasteiger partial charge in [-0.1, -0.05) is 6.42 Å². The van der Waals surface area contributed by atoms with Crippen molar-refractivity contribution in [2.75, 3.05) is 21.3 Å². The lowest BCUT2D eigenvalue weighted by atomic mass is 9.87. The van der Waals surface area contributed by atoms with Crippen molar-refractivity contribution in [3.8, 4) is 0 Å². The molecule has 1 spiro atoms. The Morgan fingerprint density at radius 3 is 2.28 bits per heavy atom. The van der Waals surface area contributed by atoms with E-state index in [0.29, 0.717) is 18.4 Å². The highest BCUT2D eigenvalue weighted by molar-refractivity contribution is 6.07. The summed E-state index contributed by atoms with van der Waals surface area (Å²) < 4.78 is 26.0. The van der Waals surface area contributed by atoms with Gasteiger partial charge in [-0.3, -0.25) is 0 Å². The van der Waals surface area contributed by atoms with Crippen molar-refractivity contribution in [2.24, 2.45) is 0 Å². The number of epoxide rings is 1. The standard InChI is InChI=1S/C17H20O8/c1-21-13(18)10-9-7-5-4-6-8-17(11(10)14(19)22-2)16(25-17)24-12(9)15(20)23-3/h16H,4-8H2,1-3H3. The number of fused-ring (bicyclic) bond motifs is 1. The summed E-state index contributed by atoms with van der Waals surface area (Å²) in [6, 6.07) is 0. The van der Waals surface area contributed by atoms with Crippen LogP contribution in [0.25, 0.3) is 0 Å². The van der Waals surface area contributed by atoms with Gasteiger partial charge in [-0.05, 0) is 25.7 Å². The van der Waals surface area contributed by atoms with Gasteiger partial charge < -0.3 is 23.7 Å².